The molecule has 2 heterocycles. The fraction of sp³-hybridized carbons (Fsp3) is 0.542. The van der Waals surface area contributed by atoms with Gasteiger partial charge in [0.1, 0.15) is 11.4 Å². The minimum absolute atomic E-state index is 0.207. The first-order valence-corrected chi connectivity index (χ1v) is 13.6. The second kappa shape index (κ2) is 8.37. The van der Waals surface area contributed by atoms with Gasteiger partial charge in [-0.2, -0.15) is 13.2 Å². The van der Waals surface area contributed by atoms with Gasteiger partial charge in [0.15, 0.2) is 9.04 Å². The summed E-state index contributed by atoms with van der Waals surface area (Å²) in [6, 6.07) is 4.81. The summed E-state index contributed by atoms with van der Waals surface area (Å²) in [5, 5.41) is 0. The molecule has 0 saturated heterocycles. The van der Waals surface area contributed by atoms with Gasteiger partial charge in [-0.3, -0.25) is 4.79 Å². The van der Waals surface area contributed by atoms with Crippen LogP contribution in [-0.2, 0) is 22.6 Å². The van der Waals surface area contributed by atoms with Crippen molar-refractivity contribution in [1.29, 1.82) is 0 Å². The average Bonchev–Trinajstić information content (AvgIpc) is 2.63. The molecule has 3 rings (SSSR count). The molecule has 1 aromatic carbocycles. The summed E-state index contributed by atoms with van der Waals surface area (Å²) in [4.78, 5) is 13.7. The Morgan fingerprint density at radius 1 is 1.19 bits per heavy atom. The van der Waals surface area contributed by atoms with E-state index in [0.29, 0.717) is 23.3 Å². The second-order valence-electron chi connectivity index (χ2n) is 10.4. The summed E-state index contributed by atoms with van der Waals surface area (Å²) < 4.78 is 53.7. The molecule has 0 N–H and O–H groups in total. The van der Waals surface area contributed by atoms with Crippen molar-refractivity contribution in [2.45, 2.75) is 84.0 Å². The third-order valence-electron chi connectivity index (χ3n) is 5.69. The number of pyridine rings is 1. The van der Waals surface area contributed by atoms with Crippen LogP contribution in [0.25, 0.3) is 0 Å². The van der Waals surface area contributed by atoms with Crippen molar-refractivity contribution >= 4 is 9.04 Å². The molecule has 0 saturated carbocycles. The van der Waals surface area contributed by atoms with Gasteiger partial charge in [0, 0.05) is 23.7 Å². The maximum Gasteiger partial charge on any atom is 0.416 e. The molecule has 4 nitrogen and oxygen atoms in total. The lowest BCUT2D eigenvalue weighted by molar-refractivity contribution is -0.137. The van der Waals surface area contributed by atoms with Crippen LogP contribution >= 0.6 is 0 Å². The maximum absolute atomic E-state index is 13.7. The van der Waals surface area contributed by atoms with Gasteiger partial charge in [0.05, 0.1) is 18.2 Å². The number of ether oxygens (including phenoxy) is 1. The molecule has 1 unspecified atom stereocenters. The quantitative estimate of drug-likeness (QED) is 0.533. The molecule has 1 aromatic heterocycles. The summed E-state index contributed by atoms with van der Waals surface area (Å²) in [5.74, 6) is 0.374. The van der Waals surface area contributed by atoms with Crippen molar-refractivity contribution in [3.05, 3.63) is 63.1 Å². The summed E-state index contributed by atoms with van der Waals surface area (Å²) >= 11 is 0. The third-order valence-corrected chi connectivity index (χ3v) is 6.53. The lowest BCUT2D eigenvalue weighted by Crippen LogP contribution is -2.41. The number of hydrogen-bond donors (Lipinski definition) is 0. The third kappa shape index (κ3) is 5.12. The van der Waals surface area contributed by atoms with E-state index in [1.165, 1.54) is 6.07 Å². The molecule has 32 heavy (non-hydrogen) atoms. The Kier molecular flexibility index (Phi) is 6.43. The second-order valence-corrected chi connectivity index (χ2v) is 12.8. The van der Waals surface area contributed by atoms with E-state index < -0.39 is 32.4 Å². The number of hydrogen-bond acceptors (Lipinski definition) is 3. The van der Waals surface area contributed by atoms with Crippen LogP contribution in [0.1, 0.15) is 69.3 Å². The zero-order chi connectivity index (χ0) is 24.1. The average molecular weight is 468 g/mol. The highest BCUT2D eigenvalue weighted by atomic mass is 28.3. The van der Waals surface area contributed by atoms with Crippen LogP contribution in [0.3, 0.4) is 0 Å². The van der Waals surface area contributed by atoms with E-state index in [-0.39, 0.29) is 17.6 Å². The SMILES string of the molecule is C[SiH](C)OCc1c(C(C)(C)C)ccn(C2CC(C)(C)Oc3ccc(C(F)(F)F)cc32)c1=O. The lowest BCUT2D eigenvalue weighted by atomic mass is 9.84. The van der Waals surface area contributed by atoms with Gasteiger partial charge < -0.3 is 13.7 Å². The first-order chi connectivity index (χ1) is 14.6. The van der Waals surface area contributed by atoms with Crippen molar-refractivity contribution < 1.29 is 22.3 Å². The monoisotopic (exact) mass is 467 g/mol. The molecule has 0 aliphatic carbocycles. The minimum Gasteiger partial charge on any atom is -0.487 e. The topological polar surface area (TPSA) is 40.5 Å². The molecule has 8 heteroatoms. The van der Waals surface area contributed by atoms with E-state index in [2.05, 4.69) is 0 Å². The van der Waals surface area contributed by atoms with Crippen LogP contribution in [0, 0.1) is 0 Å². The van der Waals surface area contributed by atoms with E-state index in [1.807, 2.05) is 53.8 Å². The van der Waals surface area contributed by atoms with E-state index in [4.69, 9.17) is 9.16 Å². The van der Waals surface area contributed by atoms with Gasteiger partial charge in [0.25, 0.3) is 5.56 Å². The summed E-state index contributed by atoms with van der Waals surface area (Å²) in [6.45, 7) is 14.1. The molecule has 1 aliphatic rings. The molecule has 0 bridgehead atoms. The van der Waals surface area contributed by atoms with Gasteiger partial charge in [-0.15, -0.1) is 0 Å². The zero-order valence-corrected chi connectivity index (χ0v) is 20.9. The largest absolute Gasteiger partial charge is 0.487 e. The number of rotatable bonds is 4. The summed E-state index contributed by atoms with van der Waals surface area (Å²) in [6.07, 6.45) is -2.40. The van der Waals surface area contributed by atoms with Crippen molar-refractivity contribution in [3.63, 3.8) is 0 Å². The van der Waals surface area contributed by atoms with Crippen LogP contribution in [0.5, 0.6) is 5.75 Å². The van der Waals surface area contributed by atoms with E-state index in [1.54, 1.807) is 10.8 Å². The zero-order valence-electron chi connectivity index (χ0n) is 19.8. The Morgan fingerprint density at radius 3 is 2.41 bits per heavy atom. The predicted molar refractivity (Wildman–Crippen MR) is 122 cm³/mol. The van der Waals surface area contributed by atoms with Gasteiger partial charge in [-0.25, -0.2) is 0 Å². The fourth-order valence-corrected chi connectivity index (χ4v) is 4.67. The Labute approximate surface area is 189 Å². The molecule has 1 aliphatic heterocycles. The lowest BCUT2D eigenvalue weighted by Gasteiger charge is -2.39. The van der Waals surface area contributed by atoms with Crippen molar-refractivity contribution in [1.82, 2.24) is 4.57 Å². The van der Waals surface area contributed by atoms with Crippen molar-refractivity contribution in [3.8, 4) is 5.75 Å². The van der Waals surface area contributed by atoms with Crippen LogP contribution in [0.2, 0.25) is 13.1 Å². The molecule has 176 valence electrons. The molecular weight excluding hydrogens is 435 g/mol. The number of nitrogens with zero attached hydrogens (tertiary/aromatic N) is 1. The van der Waals surface area contributed by atoms with Gasteiger partial charge in [-0.05, 0) is 62.2 Å². The Morgan fingerprint density at radius 2 is 1.84 bits per heavy atom. The first-order valence-electron chi connectivity index (χ1n) is 10.9. The fourth-order valence-electron chi connectivity index (χ4n) is 4.17. The number of fused-ring (bicyclic) bond motifs is 1. The number of benzene rings is 1. The number of alkyl halides is 3. The Hall–Kier alpha value is -2.06. The Bertz CT molecular complexity index is 1050. The van der Waals surface area contributed by atoms with Crippen LogP contribution in [0.4, 0.5) is 13.2 Å². The molecule has 1 atom stereocenters. The highest BCUT2D eigenvalue weighted by molar-refractivity contribution is 6.48. The molecule has 0 radical (unpaired) electrons. The minimum atomic E-state index is -4.48. The molecule has 0 fully saturated rings. The Balaban J connectivity index is 2.21. The van der Waals surface area contributed by atoms with Crippen LogP contribution in [0.15, 0.2) is 35.3 Å². The molecular formula is C24H32F3NO3Si. The standard InChI is InChI=1S/C24H32F3NO3Si/c1-22(2,3)18-10-11-28(21(29)17(18)14-30-32(6)7)19-13-23(4,5)31-20-9-8-15(12-16(19)20)24(25,26)27/h8-12,19,32H,13-14H2,1-7H3. The number of aromatic nitrogens is 1. The summed E-state index contributed by atoms with van der Waals surface area (Å²) in [7, 11) is -1.38. The van der Waals surface area contributed by atoms with Gasteiger partial charge in [0.2, 0.25) is 0 Å². The molecule has 0 amide bonds. The normalized spacial score (nSPS) is 18.4. The predicted octanol–water partition coefficient (Wildman–Crippen LogP) is 5.82. The van der Waals surface area contributed by atoms with Gasteiger partial charge >= 0.3 is 6.18 Å². The van der Waals surface area contributed by atoms with Crippen LogP contribution < -0.4 is 10.3 Å². The van der Waals surface area contributed by atoms with Crippen LogP contribution in [-0.4, -0.2) is 19.2 Å². The summed E-state index contributed by atoms with van der Waals surface area (Å²) in [5.41, 5.74) is -0.0540. The van der Waals surface area contributed by atoms with E-state index >= 15 is 0 Å². The van der Waals surface area contributed by atoms with E-state index in [9.17, 15) is 18.0 Å². The van der Waals surface area contributed by atoms with Crippen molar-refractivity contribution in [2.24, 2.45) is 0 Å². The molecule has 2 aromatic rings. The van der Waals surface area contributed by atoms with E-state index in [0.717, 1.165) is 17.7 Å². The van der Waals surface area contributed by atoms with Crippen molar-refractivity contribution in [2.75, 3.05) is 0 Å². The smallest absolute Gasteiger partial charge is 0.416 e. The first kappa shape index (κ1) is 24.6. The maximum atomic E-state index is 13.7. The number of halogens is 3. The molecule has 0 spiro atoms. The van der Waals surface area contributed by atoms with Gasteiger partial charge in [-0.1, -0.05) is 20.8 Å². The highest BCUT2D eigenvalue weighted by Gasteiger charge is 2.39. The highest BCUT2D eigenvalue weighted by Crippen LogP contribution is 2.44.